The molecule has 0 fully saturated rings. The summed E-state index contributed by atoms with van der Waals surface area (Å²) in [6, 6.07) is 3.52. The van der Waals surface area contributed by atoms with Gasteiger partial charge in [-0.15, -0.1) is 0 Å². The van der Waals surface area contributed by atoms with Crippen LogP contribution in [0.25, 0.3) is 0 Å². The summed E-state index contributed by atoms with van der Waals surface area (Å²) in [6.07, 6.45) is 0. The molecule has 1 aliphatic rings. The van der Waals surface area contributed by atoms with Crippen LogP contribution in [0.5, 0.6) is 5.75 Å². The van der Waals surface area contributed by atoms with Crippen LogP contribution in [0.1, 0.15) is 35.3 Å². The Labute approximate surface area is 100 Å². The van der Waals surface area contributed by atoms with Gasteiger partial charge in [-0.3, -0.25) is 0 Å². The van der Waals surface area contributed by atoms with Gasteiger partial charge in [0.2, 0.25) is 5.79 Å². The molecule has 17 heavy (non-hydrogen) atoms. The quantitative estimate of drug-likeness (QED) is 0.702. The summed E-state index contributed by atoms with van der Waals surface area (Å²) in [5, 5.41) is 0. The lowest BCUT2D eigenvalue weighted by Gasteiger charge is -2.33. The molecule has 0 unspecified atom stereocenters. The highest BCUT2D eigenvalue weighted by atomic mass is 16.7. The topological polar surface area (TPSA) is 44.8 Å². The maximum atomic E-state index is 11.5. The molecular formula is C13H16O4. The van der Waals surface area contributed by atoms with Crippen LogP contribution < -0.4 is 4.74 Å². The first kappa shape index (κ1) is 11.9. The van der Waals surface area contributed by atoms with Crippen molar-refractivity contribution in [1.29, 1.82) is 0 Å². The Morgan fingerprint density at radius 2 is 2.12 bits per heavy atom. The third-order valence-electron chi connectivity index (χ3n) is 2.70. The smallest absolute Gasteiger partial charge is 0.337 e. The first-order valence-electron chi connectivity index (χ1n) is 5.48. The minimum absolute atomic E-state index is 0.347. The molecule has 4 heteroatoms. The largest absolute Gasteiger partial charge is 0.465 e. The lowest BCUT2D eigenvalue weighted by molar-refractivity contribution is -0.180. The van der Waals surface area contributed by atoms with Gasteiger partial charge in [0.1, 0.15) is 5.75 Å². The van der Waals surface area contributed by atoms with E-state index in [2.05, 4.69) is 0 Å². The average molecular weight is 236 g/mol. The summed E-state index contributed by atoms with van der Waals surface area (Å²) >= 11 is 0. The van der Waals surface area contributed by atoms with Crippen molar-refractivity contribution in [3.8, 4) is 5.75 Å². The predicted molar refractivity (Wildman–Crippen MR) is 62.0 cm³/mol. The van der Waals surface area contributed by atoms with E-state index in [9.17, 15) is 4.79 Å². The molecule has 4 nitrogen and oxygen atoms in total. The number of hydrogen-bond donors (Lipinski definition) is 0. The van der Waals surface area contributed by atoms with Gasteiger partial charge in [0, 0.05) is 19.4 Å². The fourth-order valence-corrected chi connectivity index (χ4v) is 1.86. The molecule has 0 aromatic heterocycles. The number of aryl methyl sites for hydroxylation is 1. The van der Waals surface area contributed by atoms with Crippen LogP contribution in [-0.4, -0.2) is 18.9 Å². The second kappa shape index (κ2) is 4.04. The summed E-state index contributed by atoms with van der Waals surface area (Å²) in [4.78, 5) is 11.5. The molecule has 0 spiro atoms. The molecule has 0 radical (unpaired) electrons. The van der Waals surface area contributed by atoms with E-state index in [4.69, 9.17) is 14.2 Å². The van der Waals surface area contributed by atoms with Crippen LogP contribution >= 0.6 is 0 Å². The fourth-order valence-electron chi connectivity index (χ4n) is 1.86. The summed E-state index contributed by atoms with van der Waals surface area (Å²) in [5.41, 5.74) is 2.32. The standard InChI is InChI=1S/C13H16O4/c1-8-5-9(12(14)15-4)6-10-7-16-13(2,3)17-11(8)10/h5-6H,7H2,1-4H3. The Bertz CT molecular complexity index is 463. The number of esters is 1. The van der Waals surface area contributed by atoms with Gasteiger partial charge in [-0.25, -0.2) is 4.79 Å². The first-order chi connectivity index (χ1) is 7.93. The van der Waals surface area contributed by atoms with Crippen molar-refractivity contribution in [1.82, 2.24) is 0 Å². The molecular weight excluding hydrogens is 220 g/mol. The molecule has 1 heterocycles. The fraction of sp³-hybridized carbons (Fsp3) is 0.462. The highest BCUT2D eigenvalue weighted by molar-refractivity contribution is 5.90. The van der Waals surface area contributed by atoms with Gasteiger partial charge in [-0.1, -0.05) is 0 Å². The first-order valence-corrected chi connectivity index (χ1v) is 5.48. The van der Waals surface area contributed by atoms with Crippen LogP contribution in [0.2, 0.25) is 0 Å². The Hall–Kier alpha value is -1.55. The minimum atomic E-state index is -0.620. The van der Waals surface area contributed by atoms with E-state index in [0.717, 1.165) is 16.9 Å². The number of rotatable bonds is 1. The molecule has 0 saturated heterocycles. The number of hydrogen-bond acceptors (Lipinski definition) is 4. The maximum absolute atomic E-state index is 11.5. The molecule has 1 aromatic carbocycles. The van der Waals surface area contributed by atoms with Crippen LogP contribution in [0.15, 0.2) is 12.1 Å². The Balaban J connectivity index is 2.43. The number of carbonyl (C=O) groups is 1. The monoisotopic (exact) mass is 236 g/mol. The van der Waals surface area contributed by atoms with Gasteiger partial charge in [0.15, 0.2) is 0 Å². The van der Waals surface area contributed by atoms with Gasteiger partial charge < -0.3 is 14.2 Å². The summed E-state index contributed by atoms with van der Waals surface area (Å²) in [5.74, 6) is -0.167. The van der Waals surface area contributed by atoms with Gasteiger partial charge in [-0.05, 0) is 24.6 Å². The van der Waals surface area contributed by atoms with E-state index in [-0.39, 0.29) is 5.97 Å². The second-order valence-corrected chi connectivity index (χ2v) is 4.56. The molecule has 0 saturated carbocycles. The molecule has 0 aliphatic carbocycles. The normalized spacial score (nSPS) is 16.9. The lowest BCUT2D eigenvalue weighted by atomic mass is 10.0. The third-order valence-corrected chi connectivity index (χ3v) is 2.70. The van der Waals surface area contributed by atoms with Crippen molar-refractivity contribution in [2.75, 3.05) is 7.11 Å². The van der Waals surface area contributed by atoms with Crippen LogP contribution in [0, 0.1) is 6.92 Å². The number of carbonyl (C=O) groups excluding carboxylic acids is 1. The van der Waals surface area contributed by atoms with Gasteiger partial charge in [0.25, 0.3) is 0 Å². The number of methoxy groups -OCH3 is 1. The SMILES string of the molecule is COC(=O)c1cc(C)c2c(c1)COC(C)(C)O2. The molecule has 0 atom stereocenters. The molecule has 0 N–H and O–H groups in total. The molecule has 2 rings (SSSR count). The highest BCUT2D eigenvalue weighted by Gasteiger charge is 2.29. The third kappa shape index (κ3) is 2.26. The van der Waals surface area contributed by atoms with Crippen LogP contribution in [0.4, 0.5) is 0 Å². The molecule has 0 bridgehead atoms. The molecule has 0 amide bonds. The van der Waals surface area contributed by atoms with Crippen LogP contribution in [0.3, 0.4) is 0 Å². The van der Waals surface area contributed by atoms with Crippen molar-refractivity contribution in [3.05, 3.63) is 28.8 Å². The number of ether oxygens (including phenoxy) is 3. The molecule has 92 valence electrons. The van der Waals surface area contributed by atoms with Crippen molar-refractivity contribution in [2.24, 2.45) is 0 Å². The van der Waals surface area contributed by atoms with E-state index < -0.39 is 5.79 Å². The van der Waals surface area contributed by atoms with E-state index in [1.165, 1.54) is 7.11 Å². The highest BCUT2D eigenvalue weighted by Crippen LogP contribution is 2.34. The zero-order chi connectivity index (χ0) is 12.6. The Morgan fingerprint density at radius 3 is 2.76 bits per heavy atom. The Kier molecular flexibility index (Phi) is 2.83. The maximum Gasteiger partial charge on any atom is 0.337 e. The van der Waals surface area contributed by atoms with E-state index in [1.54, 1.807) is 12.1 Å². The van der Waals surface area contributed by atoms with Gasteiger partial charge >= 0.3 is 5.97 Å². The minimum Gasteiger partial charge on any atom is -0.465 e. The van der Waals surface area contributed by atoms with Crippen molar-refractivity contribution in [2.45, 2.75) is 33.2 Å². The average Bonchev–Trinajstić information content (AvgIpc) is 2.28. The zero-order valence-electron chi connectivity index (χ0n) is 10.5. The van der Waals surface area contributed by atoms with E-state index in [0.29, 0.717) is 12.2 Å². The van der Waals surface area contributed by atoms with E-state index >= 15 is 0 Å². The van der Waals surface area contributed by atoms with Gasteiger partial charge in [0.05, 0.1) is 19.3 Å². The van der Waals surface area contributed by atoms with Crippen molar-refractivity contribution >= 4 is 5.97 Å². The molecule has 1 aliphatic heterocycles. The zero-order valence-corrected chi connectivity index (χ0v) is 10.5. The summed E-state index contributed by atoms with van der Waals surface area (Å²) in [6.45, 7) is 6.08. The summed E-state index contributed by atoms with van der Waals surface area (Å²) < 4.78 is 16.0. The Morgan fingerprint density at radius 1 is 1.41 bits per heavy atom. The van der Waals surface area contributed by atoms with Crippen molar-refractivity contribution < 1.29 is 19.0 Å². The second-order valence-electron chi connectivity index (χ2n) is 4.56. The predicted octanol–water partition coefficient (Wildman–Crippen LogP) is 2.43. The van der Waals surface area contributed by atoms with E-state index in [1.807, 2.05) is 20.8 Å². The van der Waals surface area contributed by atoms with Crippen molar-refractivity contribution in [3.63, 3.8) is 0 Å². The lowest BCUT2D eigenvalue weighted by Crippen LogP contribution is -2.35. The number of fused-ring (bicyclic) bond motifs is 1. The number of benzene rings is 1. The summed E-state index contributed by atoms with van der Waals surface area (Å²) in [7, 11) is 1.37. The van der Waals surface area contributed by atoms with Gasteiger partial charge in [-0.2, -0.15) is 0 Å². The van der Waals surface area contributed by atoms with Crippen LogP contribution in [-0.2, 0) is 16.1 Å². The molecule has 1 aromatic rings.